The molecule has 1 N–H and O–H groups in total. The Balaban J connectivity index is 0.000000281. The summed E-state index contributed by atoms with van der Waals surface area (Å²) in [6.45, 7) is 14.3. The highest BCUT2D eigenvalue weighted by Gasteiger charge is 2.27. The van der Waals surface area contributed by atoms with Gasteiger partial charge in [0.2, 0.25) is 17.7 Å². The van der Waals surface area contributed by atoms with Gasteiger partial charge in [-0.3, -0.25) is 19.2 Å². The molecule has 4 heterocycles. The van der Waals surface area contributed by atoms with E-state index in [1.54, 1.807) is 81.6 Å². The smallest absolute Gasteiger partial charge is 0.330 e. The molecule has 4 aromatic carbocycles. The molecule has 0 bridgehead atoms. The highest BCUT2D eigenvalue weighted by atomic mass is 79.9. The van der Waals surface area contributed by atoms with E-state index in [1.165, 1.54) is 87.7 Å². The number of methoxy groups -OCH3 is 7. The Kier molecular flexibility index (Phi) is 33.6. The highest BCUT2D eigenvalue weighted by Crippen LogP contribution is 2.42. The minimum absolute atomic E-state index is 0.0346. The molecular formula is C75H99BrF4N8O14. The van der Waals surface area contributed by atoms with Gasteiger partial charge in [0, 0.05) is 152 Å². The van der Waals surface area contributed by atoms with Gasteiger partial charge in [-0.1, -0.05) is 6.58 Å². The van der Waals surface area contributed by atoms with Gasteiger partial charge in [-0.05, 0) is 147 Å². The van der Waals surface area contributed by atoms with Crippen LogP contribution in [0.5, 0.6) is 23.0 Å². The van der Waals surface area contributed by atoms with Crippen LogP contribution in [0.4, 0.5) is 17.6 Å². The van der Waals surface area contributed by atoms with Crippen molar-refractivity contribution in [2.24, 2.45) is 0 Å². The standard InChI is InChI=1S/C19H25FN2O4.C19H23FN2O4.C18H27FN2O2.C15H18BrFN2O2.C4H6O2/c2*1-6-22-11-13(10-15(23)21(2)3)17-18(22)14(20)9-12(19(17)26-5)7-8-16(24)25-4;1-5-21-12-14(8-9-20(2)3)16-17(21)15(19)11-13(7-6-10-22)18(16)23-4;1-5-19-8-9(6-12(20)18(2)3)13-14(19)11(17)7-10(16)15(13)21-4;1-3-4(5)6-2/h9,11H,6-8,10H2,1-5H3;7-9,11H,6,10H2,1-5H3;11-12,22H,5-10H2,1-4H3;7-8H,5-6H2,1-4H3;3H,1H2,2H3/b;8-7+;;;. The van der Waals surface area contributed by atoms with E-state index < -0.39 is 23.6 Å². The van der Waals surface area contributed by atoms with Crippen LogP contribution in [0.3, 0.4) is 0 Å². The van der Waals surface area contributed by atoms with Crippen molar-refractivity contribution in [3.05, 3.63) is 134 Å². The molecule has 0 aliphatic heterocycles. The fraction of sp³-hybridized carbons (Fsp3) is 0.440. The SMILES string of the molecule is C=CC(=O)OC.CCn1cc(CC(=O)N(C)C)c2c(OC)c(/C=C/C(=O)OC)cc(F)c21.CCn1cc(CC(=O)N(C)C)c2c(OC)c(Br)cc(F)c21.CCn1cc(CC(=O)N(C)C)c2c(OC)c(CCC(=O)OC)cc(F)c21.CCn1cc(CCN(C)C)c2c(OC)c(CCCO)cc(F)c21. The number of hydrogen-bond donors (Lipinski definition) is 1. The van der Waals surface area contributed by atoms with E-state index in [1.807, 2.05) is 58.8 Å². The van der Waals surface area contributed by atoms with Gasteiger partial charge in [-0.2, -0.15) is 0 Å². The number of hydrogen-bond acceptors (Lipinski definition) is 15. The molecule has 0 spiro atoms. The van der Waals surface area contributed by atoms with Gasteiger partial charge < -0.3 is 76.1 Å². The largest absolute Gasteiger partial charge is 0.496 e. The number of aromatic nitrogens is 4. The van der Waals surface area contributed by atoms with E-state index in [0.29, 0.717) is 128 Å². The average Bonchev–Trinajstić information content (AvgIpc) is 1.61. The number of rotatable bonds is 26. The molecule has 0 saturated carbocycles. The zero-order valence-corrected chi connectivity index (χ0v) is 63.8. The lowest BCUT2D eigenvalue weighted by Gasteiger charge is -2.14. The van der Waals surface area contributed by atoms with Gasteiger partial charge >= 0.3 is 17.9 Å². The van der Waals surface area contributed by atoms with Crippen molar-refractivity contribution in [3.63, 3.8) is 0 Å². The fourth-order valence-electron chi connectivity index (χ4n) is 11.4. The van der Waals surface area contributed by atoms with Crippen molar-refractivity contribution in [1.82, 2.24) is 37.9 Å². The fourth-order valence-corrected chi connectivity index (χ4v) is 11.9. The summed E-state index contributed by atoms with van der Waals surface area (Å²) in [5, 5.41) is 11.7. The molecule has 22 nitrogen and oxygen atoms in total. The number of fused-ring (bicyclic) bond motifs is 4. The van der Waals surface area contributed by atoms with Gasteiger partial charge in [-0.25, -0.2) is 27.2 Å². The molecule has 558 valence electrons. The van der Waals surface area contributed by atoms with Crippen LogP contribution in [0.1, 0.15) is 79.5 Å². The number of ether oxygens (including phenoxy) is 7. The number of aliphatic hydroxyl groups excluding tert-OH is 1. The van der Waals surface area contributed by atoms with Gasteiger partial charge in [0.25, 0.3) is 0 Å². The van der Waals surface area contributed by atoms with E-state index in [2.05, 4.69) is 41.6 Å². The average molecular weight is 1490 g/mol. The van der Waals surface area contributed by atoms with Crippen molar-refractivity contribution in [3.8, 4) is 23.0 Å². The summed E-state index contributed by atoms with van der Waals surface area (Å²) in [5.41, 5.74) is 6.93. The maximum absolute atomic E-state index is 14.8. The Hall–Kier alpha value is -9.34. The number of nitrogens with zero attached hydrogens (tertiary/aromatic N) is 8. The summed E-state index contributed by atoms with van der Waals surface area (Å²) in [7, 11) is 24.2. The number of esters is 3. The van der Waals surface area contributed by atoms with Gasteiger partial charge in [0.05, 0.1) is 95.6 Å². The molecule has 0 aliphatic carbocycles. The van der Waals surface area contributed by atoms with Crippen LogP contribution in [0.2, 0.25) is 0 Å². The molecule has 0 saturated heterocycles. The third-order valence-corrected chi connectivity index (χ3v) is 17.2. The Morgan fingerprint density at radius 2 is 0.843 bits per heavy atom. The van der Waals surface area contributed by atoms with Gasteiger partial charge in [-0.15, -0.1) is 0 Å². The van der Waals surface area contributed by atoms with Crippen LogP contribution in [0, 0.1) is 23.3 Å². The topological polar surface area (TPSA) is 220 Å². The molecule has 0 radical (unpaired) electrons. The first kappa shape index (κ1) is 85.1. The summed E-state index contributed by atoms with van der Waals surface area (Å²) < 4.78 is 102. The Bertz CT molecular complexity index is 4280. The molecule has 27 heteroatoms. The minimum Gasteiger partial charge on any atom is -0.496 e. The molecule has 0 aliphatic rings. The maximum Gasteiger partial charge on any atom is 0.330 e. The first-order chi connectivity index (χ1) is 48.4. The highest BCUT2D eigenvalue weighted by molar-refractivity contribution is 9.10. The van der Waals surface area contributed by atoms with Gasteiger partial charge in [0.1, 0.15) is 46.3 Å². The van der Waals surface area contributed by atoms with Crippen molar-refractivity contribution in [1.29, 1.82) is 0 Å². The molecule has 0 atom stereocenters. The number of likely N-dealkylation sites (N-methyl/N-ethyl adjacent to an activating group) is 4. The summed E-state index contributed by atoms with van der Waals surface area (Å²) in [5.74, 6) is -0.714. The number of amides is 3. The lowest BCUT2D eigenvalue weighted by molar-refractivity contribution is -0.140. The lowest BCUT2D eigenvalue weighted by atomic mass is 10.0. The maximum atomic E-state index is 14.8. The van der Waals surface area contributed by atoms with E-state index >= 15 is 0 Å². The summed E-state index contributed by atoms with van der Waals surface area (Å²) in [6, 6.07) is 5.65. The van der Waals surface area contributed by atoms with Crippen LogP contribution >= 0.6 is 15.9 Å². The quantitative estimate of drug-likeness (QED) is 0.0231. The number of benzene rings is 4. The molecule has 8 rings (SSSR count). The number of carbonyl (C=O) groups is 6. The van der Waals surface area contributed by atoms with Crippen molar-refractivity contribution < 1.29 is 84.6 Å². The minimum atomic E-state index is -0.554. The van der Waals surface area contributed by atoms with E-state index in [-0.39, 0.29) is 67.6 Å². The van der Waals surface area contributed by atoms with Crippen molar-refractivity contribution in [2.45, 2.75) is 105 Å². The zero-order valence-electron chi connectivity index (χ0n) is 62.2. The molecule has 3 amide bonds. The zero-order chi connectivity index (χ0) is 76.6. The predicted molar refractivity (Wildman–Crippen MR) is 393 cm³/mol. The van der Waals surface area contributed by atoms with E-state index in [9.17, 15) is 46.3 Å². The van der Waals surface area contributed by atoms with Crippen LogP contribution < -0.4 is 18.9 Å². The molecule has 8 aromatic rings. The van der Waals surface area contributed by atoms with Crippen molar-refractivity contribution in [2.75, 3.05) is 119 Å². The Labute approximate surface area is 602 Å². The lowest BCUT2D eigenvalue weighted by Crippen LogP contribution is -2.23. The molecule has 0 unspecified atom stereocenters. The summed E-state index contributed by atoms with van der Waals surface area (Å²) >= 11 is 3.32. The number of aliphatic hydroxyl groups is 1. The van der Waals surface area contributed by atoms with Crippen LogP contribution in [-0.2, 0) is 108 Å². The second-order valence-electron chi connectivity index (χ2n) is 24.0. The Morgan fingerprint density at radius 1 is 0.480 bits per heavy atom. The normalized spacial score (nSPS) is 10.9. The molecule has 4 aromatic heterocycles. The third-order valence-electron chi connectivity index (χ3n) is 16.6. The van der Waals surface area contributed by atoms with Gasteiger partial charge in [0.15, 0.2) is 0 Å². The Morgan fingerprint density at radius 3 is 1.19 bits per heavy atom. The summed E-state index contributed by atoms with van der Waals surface area (Å²) in [4.78, 5) is 75.7. The van der Waals surface area contributed by atoms with E-state index in [0.717, 1.165) is 46.9 Å². The first-order valence-corrected chi connectivity index (χ1v) is 33.8. The second kappa shape index (κ2) is 40.3. The van der Waals surface area contributed by atoms with Crippen LogP contribution in [-0.4, -0.2) is 198 Å². The van der Waals surface area contributed by atoms with Crippen LogP contribution in [0.25, 0.3) is 49.7 Å². The summed E-state index contributed by atoms with van der Waals surface area (Å²) in [6.07, 6.45) is 14.1. The number of halogens is 5. The molecule has 0 fully saturated rings. The number of aryl methyl sites for hydroxylation is 6. The van der Waals surface area contributed by atoms with E-state index in [4.69, 9.17) is 24.1 Å². The second-order valence-corrected chi connectivity index (χ2v) is 24.9. The predicted octanol–water partition coefficient (Wildman–Crippen LogP) is 11.6. The molecule has 102 heavy (non-hydrogen) atoms. The van der Waals surface area contributed by atoms with Crippen molar-refractivity contribution >= 4 is 101 Å². The third kappa shape index (κ3) is 21.1. The van der Waals surface area contributed by atoms with Crippen LogP contribution in [0.15, 0.2) is 72.3 Å². The number of carbonyl (C=O) groups excluding carboxylic acids is 6. The monoisotopic (exact) mass is 1490 g/mol. The first-order valence-electron chi connectivity index (χ1n) is 33.0. The molecular weight excluding hydrogens is 1390 g/mol.